The van der Waals surface area contributed by atoms with E-state index in [-0.39, 0.29) is 11.8 Å². The fourth-order valence-electron chi connectivity index (χ4n) is 1.83. The van der Waals surface area contributed by atoms with E-state index in [1.165, 1.54) is 30.1 Å². The summed E-state index contributed by atoms with van der Waals surface area (Å²) in [5.74, 6) is -0.272. The molecule has 104 valence electrons. The number of aromatic nitrogens is 1. The maximum Gasteiger partial charge on any atom is 0.230 e. The topological polar surface area (TPSA) is 62.3 Å². The van der Waals surface area contributed by atoms with E-state index in [1.807, 2.05) is 24.4 Å². The molecule has 6 heteroatoms. The Morgan fingerprint density at radius 2 is 2.05 bits per heavy atom. The number of thiazole rings is 1. The Balaban J connectivity index is 2.44. The van der Waals surface area contributed by atoms with E-state index >= 15 is 0 Å². The third-order valence-electron chi connectivity index (χ3n) is 2.72. The van der Waals surface area contributed by atoms with Gasteiger partial charge in [-0.1, -0.05) is 6.07 Å². The normalized spacial score (nSPS) is 10.2. The van der Waals surface area contributed by atoms with Crippen molar-refractivity contribution in [3.05, 3.63) is 35.3 Å². The number of anilines is 3. The Morgan fingerprint density at radius 3 is 2.60 bits per heavy atom. The number of hydrogen-bond donors (Lipinski definition) is 1. The molecule has 0 saturated carbocycles. The number of benzene rings is 1. The average Bonchev–Trinajstić information content (AvgIpc) is 2.86. The number of nitrogens with zero attached hydrogens (tertiary/aromatic N) is 2. The number of carbonyl (C=O) groups excluding carboxylic acids is 2. The zero-order valence-electron chi connectivity index (χ0n) is 11.5. The predicted octanol–water partition coefficient (Wildman–Crippen LogP) is 3.09. The lowest BCUT2D eigenvalue weighted by molar-refractivity contribution is -0.116. The van der Waals surface area contributed by atoms with Crippen LogP contribution in [-0.4, -0.2) is 16.8 Å². The van der Waals surface area contributed by atoms with Gasteiger partial charge in [-0.05, 0) is 24.6 Å². The Morgan fingerprint density at radius 1 is 1.30 bits per heavy atom. The van der Waals surface area contributed by atoms with Crippen molar-refractivity contribution in [3.63, 3.8) is 0 Å². The predicted molar refractivity (Wildman–Crippen MR) is 80.4 cm³/mol. The number of nitrogens with one attached hydrogen (secondary N) is 1. The standard InChI is InChI=1S/C14H15N3O2S/c1-9-4-5-12(8-13(9)16-10(2)18)17(11(3)19)14-15-6-7-20-14/h4-8H,1-3H3,(H,16,18). The van der Waals surface area contributed by atoms with Gasteiger partial charge >= 0.3 is 0 Å². The summed E-state index contributed by atoms with van der Waals surface area (Å²) in [5.41, 5.74) is 2.31. The maximum atomic E-state index is 11.9. The summed E-state index contributed by atoms with van der Waals surface area (Å²) in [6, 6.07) is 5.48. The van der Waals surface area contributed by atoms with Gasteiger partial charge in [-0.3, -0.25) is 14.5 Å². The van der Waals surface area contributed by atoms with E-state index in [0.29, 0.717) is 16.5 Å². The fraction of sp³-hybridized carbons (Fsp3) is 0.214. The Hall–Kier alpha value is -2.21. The first kappa shape index (κ1) is 14.2. The zero-order valence-corrected chi connectivity index (χ0v) is 12.3. The van der Waals surface area contributed by atoms with Crippen LogP contribution in [-0.2, 0) is 9.59 Å². The summed E-state index contributed by atoms with van der Waals surface area (Å²) in [6.45, 7) is 4.84. The molecule has 0 spiro atoms. The highest BCUT2D eigenvalue weighted by atomic mass is 32.1. The minimum absolute atomic E-state index is 0.127. The van der Waals surface area contributed by atoms with E-state index in [2.05, 4.69) is 10.3 Å². The van der Waals surface area contributed by atoms with Crippen LogP contribution in [0.1, 0.15) is 19.4 Å². The van der Waals surface area contributed by atoms with Gasteiger partial charge in [-0.2, -0.15) is 0 Å². The highest BCUT2D eigenvalue weighted by Crippen LogP contribution is 2.30. The molecule has 0 aliphatic carbocycles. The van der Waals surface area contributed by atoms with Crippen LogP contribution < -0.4 is 10.2 Å². The monoisotopic (exact) mass is 289 g/mol. The van der Waals surface area contributed by atoms with Crippen LogP contribution in [0.4, 0.5) is 16.5 Å². The third-order valence-corrected chi connectivity index (χ3v) is 3.47. The number of hydrogen-bond acceptors (Lipinski definition) is 4. The number of carbonyl (C=O) groups is 2. The molecule has 0 fully saturated rings. The van der Waals surface area contributed by atoms with Crippen molar-refractivity contribution >= 4 is 39.7 Å². The average molecular weight is 289 g/mol. The van der Waals surface area contributed by atoms with Gasteiger partial charge in [0.25, 0.3) is 0 Å². The van der Waals surface area contributed by atoms with E-state index in [4.69, 9.17) is 0 Å². The molecule has 20 heavy (non-hydrogen) atoms. The Bertz CT molecular complexity index is 638. The molecule has 1 aromatic carbocycles. The minimum atomic E-state index is -0.145. The van der Waals surface area contributed by atoms with Crippen molar-refractivity contribution in [2.24, 2.45) is 0 Å². The first-order valence-corrected chi connectivity index (χ1v) is 6.95. The molecule has 5 nitrogen and oxygen atoms in total. The molecule has 0 aliphatic rings. The van der Waals surface area contributed by atoms with Gasteiger partial charge in [0.15, 0.2) is 5.13 Å². The maximum absolute atomic E-state index is 11.9. The second kappa shape index (κ2) is 5.83. The molecule has 1 aromatic heterocycles. The molecule has 0 bridgehead atoms. The van der Waals surface area contributed by atoms with Crippen molar-refractivity contribution in [1.82, 2.24) is 4.98 Å². The molecule has 2 aromatic rings. The van der Waals surface area contributed by atoms with E-state index in [0.717, 1.165) is 5.56 Å². The van der Waals surface area contributed by atoms with Gasteiger partial charge in [-0.15, -0.1) is 11.3 Å². The number of rotatable bonds is 3. The van der Waals surface area contributed by atoms with Crippen molar-refractivity contribution in [3.8, 4) is 0 Å². The van der Waals surface area contributed by atoms with Crippen LogP contribution in [0, 0.1) is 6.92 Å². The smallest absolute Gasteiger partial charge is 0.230 e. The minimum Gasteiger partial charge on any atom is -0.326 e. The van der Waals surface area contributed by atoms with Crippen LogP contribution in [0.2, 0.25) is 0 Å². The third kappa shape index (κ3) is 3.03. The molecule has 2 rings (SSSR count). The summed E-state index contributed by atoms with van der Waals surface area (Å²) < 4.78 is 0. The Kier molecular flexibility index (Phi) is 4.14. The summed E-state index contributed by atoms with van der Waals surface area (Å²) in [6.07, 6.45) is 1.65. The molecule has 0 radical (unpaired) electrons. The zero-order chi connectivity index (χ0) is 14.7. The van der Waals surface area contributed by atoms with Crippen LogP contribution in [0.3, 0.4) is 0 Å². The van der Waals surface area contributed by atoms with Gasteiger partial charge < -0.3 is 5.32 Å². The van der Waals surface area contributed by atoms with Gasteiger partial charge in [-0.25, -0.2) is 4.98 Å². The second-order valence-corrected chi connectivity index (χ2v) is 5.22. The first-order valence-electron chi connectivity index (χ1n) is 6.07. The quantitative estimate of drug-likeness (QED) is 0.944. The van der Waals surface area contributed by atoms with E-state index in [1.54, 1.807) is 12.3 Å². The van der Waals surface area contributed by atoms with Gasteiger partial charge in [0.1, 0.15) is 0 Å². The fourth-order valence-corrected chi connectivity index (χ4v) is 2.53. The van der Waals surface area contributed by atoms with Crippen molar-refractivity contribution in [1.29, 1.82) is 0 Å². The SMILES string of the molecule is CC(=O)Nc1cc(N(C(C)=O)c2nccs2)ccc1C. The molecule has 0 unspecified atom stereocenters. The van der Waals surface area contributed by atoms with Crippen LogP contribution >= 0.6 is 11.3 Å². The molecular weight excluding hydrogens is 274 g/mol. The first-order chi connectivity index (χ1) is 9.49. The molecule has 1 heterocycles. The van der Waals surface area contributed by atoms with Crippen molar-refractivity contribution < 1.29 is 9.59 Å². The summed E-state index contributed by atoms with van der Waals surface area (Å²) in [4.78, 5) is 28.8. The number of aryl methyl sites for hydroxylation is 1. The molecule has 1 N–H and O–H groups in total. The van der Waals surface area contributed by atoms with Crippen LogP contribution in [0.5, 0.6) is 0 Å². The summed E-state index contributed by atoms with van der Waals surface area (Å²) in [5, 5.41) is 5.18. The molecular formula is C14H15N3O2S. The highest BCUT2D eigenvalue weighted by Gasteiger charge is 2.17. The van der Waals surface area contributed by atoms with Crippen molar-refractivity contribution in [2.75, 3.05) is 10.2 Å². The lowest BCUT2D eigenvalue weighted by Gasteiger charge is -2.19. The molecule has 0 saturated heterocycles. The largest absolute Gasteiger partial charge is 0.326 e. The number of amides is 2. The lowest BCUT2D eigenvalue weighted by atomic mass is 10.1. The van der Waals surface area contributed by atoms with Crippen LogP contribution in [0.15, 0.2) is 29.8 Å². The lowest BCUT2D eigenvalue weighted by Crippen LogP contribution is -2.22. The van der Waals surface area contributed by atoms with E-state index < -0.39 is 0 Å². The van der Waals surface area contributed by atoms with E-state index in [9.17, 15) is 9.59 Å². The summed E-state index contributed by atoms with van der Waals surface area (Å²) >= 11 is 1.38. The van der Waals surface area contributed by atoms with Gasteiger partial charge in [0.2, 0.25) is 11.8 Å². The van der Waals surface area contributed by atoms with Crippen molar-refractivity contribution in [2.45, 2.75) is 20.8 Å². The molecule has 2 amide bonds. The summed E-state index contributed by atoms with van der Waals surface area (Å²) in [7, 11) is 0. The Labute approximate surface area is 121 Å². The van der Waals surface area contributed by atoms with Crippen LogP contribution in [0.25, 0.3) is 0 Å². The highest BCUT2D eigenvalue weighted by molar-refractivity contribution is 7.13. The van der Waals surface area contributed by atoms with Gasteiger partial charge in [0, 0.05) is 31.1 Å². The molecule has 0 atom stereocenters. The van der Waals surface area contributed by atoms with Gasteiger partial charge in [0.05, 0.1) is 5.69 Å². The molecule has 0 aliphatic heterocycles. The second-order valence-electron chi connectivity index (χ2n) is 4.35.